The highest BCUT2D eigenvalue weighted by Gasteiger charge is 2.30. The van der Waals surface area contributed by atoms with Crippen molar-refractivity contribution >= 4 is 22.0 Å². The Bertz CT molecular complexity index is 929. The molecule has 1 aromatic heterocycles. The molecule has 0 spiro atoms. The lowest BCUT2D eigenvalue weighted by Gasteiger charge is -2.20. The summed E-state index contributed by atoms with van der Waals surface area (Å²) in [6.45, 7) is 5.00. The van der Waals surface area contributed by atoms with E-state index in [2.05, 4.69) is 9.46 Å². The Morgan fingerprint density at radius 3 is 2.32 bits per heavy atom. The van der Waals surface area contributed by atoms with Crippen LogP contribution in [0.2, 0.25) is 0 Å². The summed E-state index contributed by atoms with van der Waals surface area (Å²) in [7, 11) is -2.68. The number of methoxy groups -OCH3 is 1. The number of ether oxygens (including phenoxy) is 2. The van der Waals surface area contributed by atoms with Crippen LogP contribution in [0.15, 0.2) is 45.7 Å². The maximum atomic E-state index is 12.6. The minimum Gasteiger partial charge on any atom is -0.463 e. The summed E-state index contributed by atoms with van der Waals surface area (Å²) < 4.78 is 42.4. The van der Waals surface area contributed by atoms with E-state index in [1.807, 2.05) is 6.92 Å². The number of hydrogen-bond acceptors (Lipinski definition) is 7. The van der Waals surface area contributed by atoms with Gasteiger partial charge >= 0.3 is 11.9 Å². The fraction of sp³-hybridized carbons (Fsp3) is 0.368. The predicted molar refractivity (Wildman–Crippen MR) is 100.0 cm³/mol. The van der Waals surface area contributed by atoms with Crippen LogP contribution in [0.1, 0.15) is 35.7 Å². The third-order valence-electron chi connectivity index (χ3n) is 3.94. The number of sulfonamides is 1. The summed E-state index contributed by atoms with van der Waals surface area (Å²) in [6.07, 6.45) is 0. The molecule has 0 radical (unpaired) electrons. The van der Waals surface area contributed by atoms with Crippen molar-refractivity contribution in [3.63, 3.8) is 0 Å². The highest BCUT2D eigenvalue weighted by Crippen LogP contribution is 2.15. The quantitative estimate of drug-likeness (QED) is 0.666. The summed E-state index contributed by atoms with van der Waals surface area (Å²) >= 11 is 0. The maximum absolute atomic E-state index is 12.6. The van der Waals surface area contributed by atoms with E-state index >= 15 is 0 Å². The van der Waals surface area contributed by atoms with Gasteiger partial charge in [-0.1, -0.05) is 31.5 Å². The van der Waals surface area contributed by atoms with Crippen LogP contribution in [0, 0.1) is 12.8 Å². The smallest absolute Gasteiger partial charge is 0.373 e. The monoisotopic (exact) mass is 409 g/mol. The molecule has 28 heavy (non-hydrogen) atoms. The summed E-state index contributed by atoms with van der Waals surface area (Å²) in [5, 5.41) is 0. The molecule has 1 atom stereocenters. The van der Waals surface area contributed by atoms with Crippen LogP contribution >= 0.6 is 0 Å². The molecule has 8 nitrogen and oxygen atoms in total. The Labute approximate surface area is 163 Å². The molecule has 152 valence electrons. The number of nitrogens with one attached hydrogen (secondary N) is 1. The summed E-state index contributed by atoms with van der Waals surface area (Å²) in [5.74, 6) is -1.54. The van der Waals surface area contributed by atoms with E-state index in [1.54, 1.807) is 26.0 Å². The van der Waals surface area contributed by atoms with Crippen molar-refractivity contribution in [2.45, 2.75) is 38.3 Å². The fourth-order valence-corrected chi connectivity index (χ4v) is 3.64. The van der Waals surface area contributed by atoms with E-state index in [0.29, 0.717) is 0 Å². The highest BCUT2D eigenvalue weighted by molar-refractivity contribution is 7.89. The summed E-state index contributed by atoms with van der Waals surface area (Å²) in [4.78, 5) is 23.9. The number of esters is 2. The Morgan fingerprint density at radius 2 is 1.75 bits per heavy atom. The molecule has 0 aliphatic heterocycles. The SMILES string of the molecule is COC(=O)c1ccc(COC(=O)C(NS(=O)(=O)c2ccc(C)cc2)C(C)C)o1. The first-order valence-electron chi connectivity index (χ1n) is 8.56. The molecule has 0 saturated heterocycles. The van der Waals surface area contributed by atoms with Crippen molar-refractivity contribution in [3.05, 3.63) is 53.5 Å². The van der Waals surface area contributed by atoms with Crippen LogP contribution in [0.5, 0.6) is 0 Å². The van der Waals surface area contributed by atoms with Gasteiger partial charge in [0.15, 0.2) is 0 Å². The van der Waals surface area contributed by atoms with Crippen molar-refractivity contribution in [3.8, 4) is 0 Å². The molecule has 1 aromatic carbocycles. The molecular weight excluding hydrogens is 386 g/mol. The second-order valence-corrected chi connectivity index (χ2v) is 8.24. The third-order valence-corrected chi connectivity index (χ3v) is 5.40. The normalized spacial score (nSPS) is 12.6. The first kappa shape index (κ1) is 21.6. The zero-order chi connectivity index (χ0) is 20.9. The van der Waals surface area contributed by atoms with Gasteiger partial charge in [0.2, 0.25) is 15.8 Å². The minimum absolute atomic E-state index is 0.0194. The average Bonchev–Trinajstić information content (AvgIpc) is 3.12. The molecule has 1 unspecified atom stereocenters. The zero-order valence-electron chi connectivity index (χ0n) is 16.1. The van der Waals surface area contributed by atoms with Crippen molar-refractivity contribution in [1.29, 1.82) is 0 Å². The molecule has 0 aliphatic rings. The van der Waals surface area contributed by atoms with Crippen LogP contribution in [-0.4, -0.2) is 33.5 Å². The topological polar surface area (TPSA) is 112 Å². The van der Waals surface area contributed by atoms with Crippen molar-refractivity contribution in [2.75, 3.05) is 7.11 Å². The van der Waals surface area contributed by atoms with Crippen molar-refractivity contribution in [1.82, 2.24) is 4.72 Å². The van der Waals surface area contributed by atoms with Gasteiger partial charge in [0.05, 0.1) is 12.0 Å². The van der Waals surface area contributed by atoms with Gasteiger partial charge in [0.1, 0.15) is 18.4 Å². The molecule has 0 bridgehead atoms. The van der Waals surface area contributed by atoms with Crippen LogP contribution in [0.25, 0.3) is 0 Å². The fourth-order valence-electron chi connectivity index (χ4n) is 2.31. The molecule has 0 saturated carbocycles. The lowest BCUT2D eigenvalue weighted by atomic mass is 10.1. The second-order valence-electron chi connectivity index (χ2n) is 6.52. The number of carbonyl (C=O) groups excluding carboxylic acids is 2. The average molecular weight is 409 g/mol. The number of aryl methyl sites for hydroxylation is 1. The van der Waals surface area contributed by atoms with Crippen molar-refractivity contribution < 1.29 is 31.9 Å². The Morgan fingerprint density at radius 1 is 1.11 bits per heavy atom. The van der Waals surface area contributed by atoms with Crippen LogP contribution in [0.4, 0.5) is 0 Å². The van der Waals surface area contributed by atoms with Crippen LogP contribution in [-0.2, 0) is 30.9 Å². The Balaban J connectivity index is 2.06. The minimum atomic E-state index is -3.90. The van der Waals surface area contributed by atoms with Crippen molar-refractivity contribution in [2.24, 2.45) is 5.92 Å². The van der Waals surface area contributed by atoms with E-state index in [0.717, 1.165) is 5.56 Å². The van der Waals surface area contributed by atoms with Gasteiger partial charge in [0.25, 0.3) is 0 Å². The third kappa shape index (κ3) is 5.43. The van der Waals surface area contributed by atoms with Gasteiger partial charge in [-0.15, -0.1) is 0 Å². The molecule has 1 N–H and O–H groups in total. The van der Waals surface area contributed by atoms with Gasteiger partial charge in [-0.05, 0) is 37.1 Å². The van der Waals surface area contributed by atoms with Gasteiger partial charge in [-0.2, -0.15) is 4.72 Å². The van der Waals surface area contributed by atoms with Gasteiger partial charge in [-0.25, -0.2) is 13.2 Å². The molecule has 2 rings (SSSR count). The Hall–Kier alpha value is -2.65. The van der Waals surface area contributed by atoms with E-state index < -0.39 is 28.0 Å². The molecule has 0 amide bonds. The zero-order valence-corrected chi connectivity index (χ0v) is 16.9. The first-order chi connectivity index (χ1) is 13.1. The summed E-state index contributed by atoms with van der Waals surface area (Å²) in [5.41, 5.74) is 0.920. The largest absolute Gasteiger partial charge is 0.463 e. The maximum Gasteiger partial charge on any atom is 0.373 e. The number of carbonyl (C=O) groups is 2. The van der Waals surface area contributed by atoms with E-state index in [9.17, 15) is 18.0 Å². The molecule has 0 aliphatic carbocycles. The number of hydrogen-bond donors (Lipinski definition) is 1. The van der Waals surface area contributed by atoms with E-state index in [-0.39, 0.29) is 28.9 Å². The van der Waals surface area contributed by atoms with E-state index in [4.69, 9.17) is 9.15 Å². The molecule has 9 heteroatoms. The Kier molecular flexibility index (Phi) is 6.98. The van der Waals surface area contributed by atoms with Crippen LogP contribution < -0.4 is 4.72 Å². The molecule has 0 fully saturated rings. The summed E-state index contributed by atoms with van der Waals surface area (Å²) in [6, 6.07) is 8.08. The molecule has 2 aromatic rings. The highest BCUT2D eigenvalue weighted by atomic mass is 32.2. The number of furan rings is 1. The van der Waals surface area contributed by atoms with Gasteiger partial charge in [-0.3, -0.25) is 4.79 Å². The van der Waals surface area contributed by atoms with Gasteiger partial charge in [0, 0.05) is 0 Å². The number of benzene rings is 1. The predicted octanol–water partition coefficient (Wildman–Crippen LogP) is 2.42. The van der Waals surface area contributed by atoms with E-state index in [1.165, 1.54) is 31.4 Å². The first-order valence-corrected chi connectivity index (χ1v) is 10.0. The molecule has 1 heterocycles. The number of rotatable bonds is 8. The van der Waals surface area contributed by atoms with Gasteiger partial charge < -0.3 is 13.9 Å². The van der Waals surface area contributed by atoms with Crippen LogP contribution in [0.3, 0.4) is 0 Å². The molecular formula is C19H23NO7S. The lowest BCUT2D eigenvalue weighted by molar-refractivity contribution is -0.148. The second kappa shape index (κ2) is 9.03. The lowest BCUT2D eigenvalue weighted by Crippen LogP contribution is -2.45. The standard InChI is InChI=1S/C19H23NO7S/c1-12(2)17(20-28(23,24)15-8-5-13(3)6-9-15)19(22)26-11-14-7-10-16(27-14)18(21)25-4/h5-10,12,17,20H,11H2,1-4H3.